The van der Waals surface area contributed by atoms with E-state index in [4.69, 9.17) is 4.74 Å². The van der Waals surface area contributed by atoms with Crippen LogP contribution in [0.3, 0.4) is 0 Å². The van der Waals surface area contributed by atoms with Gasteiger partial charge in [-0.05, 0) is 32.4 Å². The summed E-state index contributed by atoms with van der Waals surface area (Å²) in [4.78, 5) is 0. The van der Waals surface area contributed by atoms with Crippen LogP contribution >= 0.6 is 0 Å². The van der Waals surface area contributed by atoms with Crippen molar-refractivity contribution in [3.63, 3.8) is 0 Å². The van der Waals surface area contributed by atoms with Crippen molar-refractivity contribution in [2.24, 2.45) is 0 Å². The van der Waals surface area contributed by atoms with Gasteiger partial charge in [0.2, 0.25) is 0 Å². The normalized spacial score (nSPS) is 12.4. The molecule has 0 aliphatic carbocycles. The van der Waals surface area contributed by atoms with Crippen LogP contribution in [0.15, 0.2) is 18.2 Å². The van der Waals surface area contributed by atoms with E-state index in [1.165, 1.54) is 44.1 Å². The SMILES string of the molecule is CCCCCCCCCC(O)c1cc(C)ccc1OCC. The minimum atomic E-state index is -0.401. The van der Waals surface area contributed by atoms with E-state index < -0.39 is 6.10 Å². The van der Waals surface area contributed by atoms with Gasteiger partial charge in [-0.15, -0.1) is 0 Å². The van der Waals surface area contributed by atoms with Crippen molar-refractivity contribution in [3.8, 4) is 5.75 Å². The fourth-order valence-corrected chi connectivity index (χ4v) is 2.67. The van der Waals surface area contributed by atoms with Crippen LogP contribution < -0.4 is 4.74 Å². The third-order valence-corrected chi connectivity index (χ3v) is 3.91. The van der Waals surface area contributed by atoms with Crippen LogP contribution in [0.2, 0.25) is 0 Å². The summed E-state index contributed by atoms with van der Waals surface area (Å²) in [7, 11) is 0. The van der Waals surface area contributed by atoms with E-state index in [-0.39, 0.29) is 0 Å². The summed E-state index contributed by atoms with van der Waals surface area (Å²) in [5, 5.41) is 10.4. The summed E-state index contributed by atoms with van der Waals surface area (Å²) in [5.74, 6) is 0.832. The van der Waals surface area contributed by atoms with E-state index in [1.54, 1.807) is 0 Å². The number of aliphatic hydroxyl groups excluding tert-OH is 1. The monoisotopic (exact) mass is 292 g/mol. The van der Waals surface area contributed by atoms with Gasteiger partial charge in [0.15, 0.2) is 0 Å². The average molecular weight is 292 g/mol. The highest BCUT2D eigenvalue weighted by Gasteiger charge is 2.13. The first-order valence-electron chi connectivity index (χ1n) is 8.60. The first-order chi connectivity index (χ1) is 10.2. The maximum Gasteiger partial charge on any atom is 0.125 e. The lowest BCUT2D eigenvalue weighted by molar-refractivity contribution is 0.158. The predicted octanol–water partition coefficient (Wildman–Crippen LogP) is 5.57. The summed E-state index contributed by atoms with van der Waals surface area (Å²) in [6.07, 6.45) is 9.36. The molecule has 2 heteroatoms. The maximum atomic E-state index is 10.4. The number of hydrogen-bond donors (Lipinski definition) is 1. The zero-order chi connectivity index (χ0) is 15.5. The Morgan fingerprint density at radius 2 is 1.67 bits per heavy atom. The Balaban J connectivity index is 2.37. The van der Waals surface area contributed by atoms with Crippen LogP contribution in [0, 0.1) is 6.92 Å². The van der Waals surface area contributed by atoms with E-state index in [0.717, 1.165) is 24.2 Å². The first-order valence-corrected chi connectivity index (χ1v) is 8.60. The van der Waals surface area contributed by atoms with Crippen molar-refractivity contribution in [3.05, 3.63) is 29.3 Å². The Kier molecular flexibility index (Phi) is 9.16. The van der Waals surface area contributed by atoms with E-state index >= 15 is 0 Å². The molecule has 0 aromatic heterocycles. The molecule has 0 aliphatic rings. The zero-order valence-electron chi connectivity index (χ0n) is 14.0. The molecule has 0 spiro atoms. The number of benzene rings is 1. The van der Waals surface area contributed by atoms with E-state index in [0.29, 0.717) is 6.61 Å². The summed E-state index contributed by atoms with van der Waals surface area (Å²) in [6.45, 7) is 6.92. The van der Waals surface area contributed by atoms with Gasteiger partial charge >= 0.3 is 0 Å². The van der Waals surface area contributed by atoms with Crippen molar-refractivity contribution in [2.45, 2.75) is 78.2 Å². The second-order valence-corrected chi connectivity index (χ2v) is 5.90. The molecule has 1 unspecified atom stereocenters. The third kappa shape index (κ3) is 6.99. The fourth-order valence-electron chi connectivity index (χ4n) is 2.67. The molecule has 1 rings (SSSR count). The van der Waals surface area contributed by atoms with Crippen LogP contribution in [0.1, 0.15) is 82.4 Å². The summed E-state index contributed by atoms with van der Waals surface area (Å²) in [6, 6.07) is 6.06. The Hall–Kier alpha value is -1.02. The summed E-state index contributed by atoms with van der Waals surface area (Å²) < 4.78 is 5.62. The predicted molar refractivity (Wildman–Crippen MR) is 89.9 cm³/mol. The molecule has 0 heterocycles. The second kappa shape index (κ2) is 10.7. The van der Waals surface area contributed by atoms with Crippen molar-refractivity contribution in [1.29, 1.82) is 0 Å². The molecule has 2 nitrogen and oxygen atoms in total. The summed E-state index contributed by atoms with van der Waals surface area (Å²) >= 11 is 0. The minimum Gasteiger partial charge on any atom is -0.493 e. The number of ether oxygens (including phenoxy) is 1. The molecule has 1 atom stereocenters. The van der Waals surface area contributed by atoms with Crippen LogP contribution in [0.25, 0.3) is 0 Å². The highest BCUT2D eigenvalue weighted by Crippen LogP contribution is 2.30. The molecular formula is C19H32O2. The molecule has 0 fully saturated rings. The second-order valence-electron chi connectivity index (χ2n) is 5.90. The molecular weight excluding hydrogens is 260 g/mol. The number of hydrogen-bond acceptors (Lipinski definition) is 2. The van der Waals surface area contributed by atoms with Crippen LogP contribution in [-0.2, 0) is 0 Å². The van der Waals surface area contributed by atoms with Crippen LogP contribution in [0.5, 0.6) is 5.75 Å². The lowest BCUT2D eigenvalue weighted by atomic mass is 9.99. The van der Waals surface area contributed by atoms with Gasteiger partial charge in [0.1, 0.15) is 5.75 Å². The van der Waals surface area contributed by atoms with Crippen molar-refractivity contribution in [1.82, 2.24) is 0 Å². The quantitative estimate of drug-likeness (QED) is 0.540. The minimum absolute atomic E-state index is 0.401. The molecule has 0 radical (unpaired) electrons. The van der Waals surface area contributed by atoms with Gasteiger partial charge in [-0.2, -0.15) is 0 Å². The number of aliphatic hydroxyl groups is 1. The molecule has 21 heavy (non-hydrogen) atoms. The smallest absolute Gasteiger partial charge is 0.125 e. The maximum absolute atomic E-state index is 10.4. The van der Waals surface area contributed by atoms with E-state index in [9.17, 15) is 5.11 Å². The van der Waals surface area contributed by atoms with Crippen molar-refractivity contribution >= 4 is 0 Å². The zero-order valence-corrected chi connectivity index (χ0v) is 14.0. The fraction of sp³-hybridized carbons (Fsp3) is 0.684. The first kappa shape index (κ1) is 18.0. The molecule has 1 N–H and O–H groups in total. The Labute approximate surface area is 130 Å². The van der Waals surface area contributed by atoms with Gasteiger partial charge in [0.05, 0.1) is 12.7 Å². The number of aryl methyl sites for hydroxylation is 1. The molecule has 0 aliphatic heterocycles. The van der Waals surface area contributed by atoms with Crippen LogP contribution in [0.4, 0.5) is 0 Å². The lowest BCUT2D eigenvalue weighted by Gasteiger charge is -2.16. The van der Waals surface area contributed by atoms with Gasteiger partial charge < -0.3 is 9.84 Å². The Morgan fingerprint density at radius 3 is 2.33 bits per heavy atom. The Morgan fingerprint density at radius 1 is 1.00 bits per heavy atom. The van der Waals surface area contributed by atoms with Gasteiger partial charge in [-0.1, -0.05) is 63.5 Å². The van der Waals surface area contributed by atoms with Gasteiger partial charge in [0, 0.05) is 5.56 Å². The molecule has 0 saturated heterocycles. The van der Waals surface area contributed by atoms with E-state index in [2.05, 4.69) is 19.9 Å². The highest BCUT2D eigenvalue weighted by molar-refractivity contribution is 5.38. The average Bonchev–Trinajstić information content (AvgIpc) is 2.48. The molecule has 0 bridgehead atoms. The molecule has 1 aromatic carbocycles. The standard InChI is InChI=1S/C19H32O2/c1-4-6-7-8-9-10-11-12-18(20)17-15-16(3)13-14-19(17)21-5-2/h13-15,18,20H,4-12H2,1-3H3. The Bertz CT molecular complexity index is 387. The molecule has 0 amide bonds. The van der Waals surface area contributed by atoms with Gasteiger partial charge in [0.25, 0.3) is 0 Å². The van der Waals surface area contributed by atoms with Gasteiger partial charge in [-0.3, -0.25) is 0 Å². The number of rotatable bonds is 11. The van der Waals surface area contributed by atoms with Crippen molar-refractivity contribution in [2.75, 3.05) is 6.61 Å². The molecule has 1 aromatic rings. The van der Waals surface area contributed by atoms with Gasteiger partial charge in [-0.25, -0.2) is 0 Å². The third-order valence-electron chi connectivity index (χ3n) is 3.91. The summed E-state index contributed by atoms with van der Waals surface area (Å²) in [5.41, 5.74) is 2.12. The highest BCUT2D eigenvalue weighted by atomic mass is 16.5. The lowest BCUT2D eigenvalue weighted by Crippen LogP contribution is -2.03. The topological polar surface area (TPSA) is 29.5 Å². The largest absolute Gasteiger partial charge is 0.493 e. The van der Waals surface area contributed by atoms with Crippen LogP contribution in [-0.4, -0.2) is 11.7 Å². The van der Waals surface area contributed by atoms with Crippen molar-refractivity contribution < 1.29 is 9.84 Å². The van der Waals surface area contributed by atoms with E-state index in [1.807, 2.05) is 19.1 Å². The number of unbranched alkanes of at least 4 members (excludes halogenated alkanes) is 6. The molecule has 120 valence electrons. The molecule has 0 saturated carbocycles.